The molecule has 82 valence electrons. The number of nitriles is 2. The molecule has 0 bridgehead atoms. The number of rotatable bonds is 5. The van der Waals surface area contributed by atoms with Gasteiger partial charge in [-0.1, -0.05) is 0 Å². The second-order valence-electron chi connectivity index (χ2n) is 2.98. The highest BCUT2D eigenvalue weighted by molar-refractivity contribution is 9.10. The van der Waals surface area contributed by atoms with Gasteiger partial charge in [0.25, 0.3) is 0 Å². The van der Waals surface area contributed by atoms with Gasteiger partial charge in [-0.05, 0) is 27.4 Å². The van der Waals surface area contributed by atoms with Gasteiger partial charge in [0.2, 0.25) is 0 Å². The number of nitrogens with zero attached hydrogens (tertiary/aromatic N) is 3. The van der Waals surface area contributed by atoms with Gasteiger partial charge in [0.1, 0.15) is 0 Å². The normalized spacial score (nSPS) is 9.75. The van der Waals surface area contributed by atoms with Crippen LogP contribution in [0, 0.1) is 22.7 Å². The predicted molar refractivity (Wildman–Crippen MR) is 64.0 cm³/mol. The van der Waals surface area contributed by atoms with Gasteiger partial charge >= 0.3 is 0 Å². The third kappa shape index (κ3) is 3.42. The number of carbonyl (C=O) groups excluding carboxylic acids is 1. The number of hydrogen-bond donors (Lipinski definition) is 0. The van der Waals surface area contributed by atoms with E-state index >= 15 is 0 Å². The molecule has 0 fully saturated rings. The summed E-state index contributed by atoms with van der Waals surface area (Å²) in [6.45, 7) is 0.269. The molecular formula is C10H8BrN3OS. The molecule has 0 saturated heterocycles. The summed E-state index contributed by atoms with van der Waals surface area (Å²) in [7, 11) is 0. The fourth-order valence-electron chi connectivity index (χ4n) is 1.14. The quantitative estimate of drug-likeness (QED) is 0.616. The van der Waals surface area contributed by atoms with Crippen molar-refractivity contribution >= 4 is 33.0 Å². The minimum atomic E-state index is -0.0765. The van der Waals surface area contributed by atoms with E-state index in [-0.39, 0.29) is 25.4 Å². The van der Waals surface area contributed by atoms with Gasteiger partial charge in [0, 0.05) is 4.47 Å². The Morgan fingerprint density at radius 3 is 2.50 bits per heavy atom. The highest BCUT2D eigenvalue weighted by atomic mass is 79.9. The maximum Gasteiger partial charge on any atom is 0.187 e. The maximum absolute atomic E-state index is 11.8. The molecule has 0 unspecified atom stereocenters. The molecule has 0 aliphatic rings. The van der Waals surface area contributed by atoms with Gasteiger partial charge in [-0.2, -0.15) is 10.5 Å². The van der Waals surface area contributed by atoms with Crippen molar-refractivity contribution < 1.29 is 4.79 Å². The van der Waals surface area contributed by atoms with Crippen molar-refractivity contribution in [2.24, 2.45) is 0 Å². The summed E-state index contributed by atoms with van der Waals surface area (Å²) in [5, 5.41) is 18.9. The number of Topliss-reactive ketones (excluding diaryl/α,β-unsaturated/α-hetero) is 1. The standard InChI is InChI=1S/C10H8BrN3OS/c11-8-1-6-16-10(8)9(15)7-14(4-2-12)5-3-13/h1,6H,4-5,7H2. The van der Waals surface area contributed by atoms with Crippen LogP contribution in [0.3, 0.4) is 0 Å². The minimum absolute atomic E-state index is 0.0765. The smallest absolute Gasteiger partial charge is 0.187 e. The molecule has 1 aromatic heterocycles. The highest BCUT2D eigenvalue weighted by Crippen LogP contribution is 2.23. The Labute approximate surface area is 106 Å². The van der Waals surface area contributed by atoms with E-state index < -0.39 is 0 Å². The zero-order valence-corrected chi connectivity index (χ0v) is 10.7. The van der Waals surface area contributed by atoms with E-state index in [1.165, 1.54) is 16.2 Å². The molecule has 0 aliphatic heterocycles. The summed E-state index contributed by atoms with van der Waals surface area (Å²) < 4.78 is 0.761. The molecule has 1 aromatic rings. The van der Waals surface area contributed by atoms with Crippen molar-refractivity contribution in [2.45, 2.75) is 0 Å². The molecule has 4 nitrogen and oxygen atoms in total. The van der Waals surface area contributed by atoms with Crippen LogP contribution in [-0.4, -0.2) is 30.3 Å². The van der Waals surface area contributed by atoms with E-state index in [1.807, 2.05) is 17.5 Å². The van der Waals surface area contributed by atoms with Gasteiger partial charge in [-0.25, -0.2) is 0 Å². The van der Waals surface area contributed by atoms with E-state index in [4.69, 9.17) is 10.5 Å². The van der Waals surface area contributed by atoms with Crippen molar-refractivity contribution in [3.05, 3.63) is 20.8 Å². The second kappa shape index (κ2) is 6.39. The Bertz CT molecular complexity index is 441. The summed E-state index contributed by atoms with van der Waals surface area (Å²) in [6, 6.07) is 5.67. The third-order valence-corrected chi connectivity index (χ3v) is 3.71. The van der Waals surface area contributed by atoms with E-state index in [0.717, 1.165) is 4.47 Å². The van der Waals surface area contributed by atoms with Gasteiger partial charge < -0.3 is 0 Å². The fourth-order valence-corrected chi connectivity index (χ4v) is 2.66. The Hall–Kier alpha value is -1.21. The van der Waals surface area contributed by atoms with E-state index in [1.54, 1.807) is 6.07 Å². The predicted octanol–water partition coefficient (Wildman–Crippen LogP) is 2.04. The molecule has 0 radical (unpaired) electrons. The lowest BCUT2D eigenvalue weighted by Crippen LogP contribution is -2.30. The molecule has 0 saturated carbocycles. The number of halogens is 1. The van der Waals surface area contributed by atoms with Crippen LogP contribution in [0.25, 0.3) is 0 Å². The zero-order valence-electron chi connectivity index (χ0n) is 8.31. The van der Waals surface area contributed by atoms with Crippen molar-refractivity contribution in [3.8, 4) is 12.1 Å². The van der Waals surface area contributed by atoms with Crippen molar-refractivity contribution in [1.29, 1.82) is 10.5 Å². The topological polar surface area (TPSA) is 67.9 Å². The first-order valence-electron chi connectivity index (χ1n) is 4.41. The van der Waals surface area contributed by atoms with Crippen LogP contribution < -0.4 is 0 Å². The molecule has 16 heavy (non-hydrogen) atoms. The van der Waals surface area contributed by atoms with Gasteiger partial charge in [0.15, 0.2) is 5.78 Å². The Morgan fingerprint density at radius 1 is 1.44 bits per heavy atom. The Balaban J connectivity index is 2.66. The Kier molecular flexibility index (Phi) is 5.13. The molecule has 0 aromatic carbocycles. The lowest BCUT2D eigenvalue weighted by molar-refractivity contribution is 0.0949. The average Bonchev–Trinajstić information content (AvgIpc) is 2.65. The molecule has 0 N–H and O–H groups in total. The van der Waals surface area contributed by atoms with Gasteiger partial charge in [-0.3, -0.25) is 9.69 Å². The largest absolute Gasteiger partial charge is 0.292 e. The first kappa shape index (κ1) is 12.9. The maximum atomic E-state index is 11.8. The van der Waals surface area contributed by atoms with Crippen molar-refractivity contribution in [1.82, 2.24) is 4.90 Å². The number of hydrogen-bond acceptors (Lipinski definition) is 5. The fraction of sp³-hybridized carbons (Fsp3) is 0.300. The monoisotopic (exact) mass is 297 g/mol. The first-order valence-corrected chi connectivity index (χ1v) is 6.08. The number of ketones is 1. The van der Waals surface area contributed by atoms with Crippen LogP contribution in [0.5, 0.6) is 0 Å². The van der Waals surface area contributed by atoms with Crippen LogP contribution >= 0.6 is 27.3 Å². The molecule has 1 rings (SSSR count). The average molecular weight is 298 g/mol. The molecule has 6 heteroatoms. The SMILES string of the molecule is N#CCN(CC#N)CC(=O)c1sccc1Br. The first-order chi connectivity index (χ1) is 7.69. The Morgan fingerprint density at radius 2 is 2.06 bits per heavy atom. The molecule has 0 spiro atoms. The molecule has 0 atom stereocenters. The molecular weight excluding hydrogens is 290 g/mol. The van der Waals surface area contributed by atoms with E-state index in [0.29, 0.717) is 4.88 Å². The van der Waals surface area contributed by atoms with Crippen molar-refractivity contribution in [2.75, 3.05) is 19.6 Å². The summed E-state index contributed by atoms with van der Waals surface area (Å²) in [4.78, 5) is 13.9. The van der Waals surface area contributed by atoms with Gasteiger partial charge in [0.05, 0.1) is 36.6 Å². The molecule has 1 heterocycles. The van der Waals surface area contributed by atoms with Crippen LogP contribution in [0.15, 0.2) is 15.9 Å². The zero-order chi connectivity index (χ0) is 12.0. The van der Waals surface area contributed by atoms with Gasteiger partial charge in [-0.15, -0.1) is 11.3 Å². The van der Waals surface area contributed by atoms with E-state index in [9.17, 15) is 4.79 Å². The lowest BCUT2D eigenvalue weighted by atomic mass is 10.3. The number of carbonyl (C=O) groups is 1. The molecule has 0 amide bonds. The summed E-state index contributed by atoms with van der Waals surface area (Å²) >= 11 is 4.62. The van der Waals surface area contributed by atoms with Crippen molar-refractivity contribution in [3.63, 3.8) is 0 Å². The van der Waals surface area contributed by atoms with E-state index in [2.05, 4.69) is 15.9 Å². The third-order valence-electron chi connectivity index (χ3n) is 1.83. The van der Waals surface area contributed by atoms with Crippen LogP contribution in [0.1, 0.15) is 9.67 Å². The van der Waals surface area contributed by atoms with Crippen LogP contribution in [-0.2, 0) is 0 Å². The second-order valence-corrected chi connectivity index (χ2v) is 4.75. The molecule has 0 aliphatic carbocycles. The van der Waals surface area contributed by atoms with Crippen LogP contribution in [0.2, 0.25) is 0 Å². The summed E-state index contributed by atoms with van der Waals surface area (Å²) in [6.07, 6.45) is 0. The number of thiophene rings is 1. The highest BCUT2D eigenvalue weighted by Gasteiger charge is 2.15. The summed E-state index contributed by atoms with van der Waals surface area (Å²) in [5.41, 5.74) is 0. The summed E-state index contributed by atoms with van der Waals surface area (Å²) in [5.74, 6) is -0.0765. The minimum Gasteiger partial charge on any atom is -0.292 e. The lowest BCUT2D eigenvalue weighted by Gasteiger charge is -2.13. The van der Waals surface area contributed by atoms with Crippen LogP contribution in [0.4, 0.5) is 0 Å².